The summed E-state index contributed by atoms with van der Waals surface area (Å²) in [5.41, 5.74) is 1.77. The van der Waals surface area contributed by atoms with Crippen molar-refractivity contribution in [2.75, 3.05) is 33.3 Å². The molecule has 142 valence electrons. The van der Waals surface area contributed by atoms with E-state index in [4.69, 9.17) is 4.74 Å². The number of sulfonamides is 1. The number of methoxy groups -OCH3 is 1. The molecule has 7 heteroatoms. The van der Waals surface area contributed by atoms with E-state index in [1.165, 1.54) is 4.31 Å². The van der Waals surface area contributed by atoms with Gasteiger partial charge < -0.3 is 4.74 Å². The number of hydrogen-bond acceptors (Lipinski definition) is 5. The van der Waals surface area contributed by atoms with E-state index in [9.17, 15) is 13.7 Å². The molecule has 1 fully saturated rings. The Bertz CT molecular complexity index is 945. The number of benzene rings is 2. The van der Waals surface area contributed by atoms with E-state index >= 15 is 0 Å². The Morgan fingerprint density at radius 2 is 1.78 bits per heavy atom. The molecule has 2 aromatic rings. The van der Waals surface area contributed by atoms with Gasteiger partial charge in [0.1, 0.15) is 11.8 Å². The van der Waals surface area contributed by atoms with Gasteiger partial charge in [0.2, 0.25) is 10.0 Å². The molecular weight excluding hydrogens is 362 g/mol. The molecule has 1 atom stereocenters. The standard InChI is InChI=1S/C20H23N3O3S/c1-16-5-3-8-19(13-16)27(24,25)23-11-9-22(10-12-23)20(15-21)17-6-4-7-18(14-17)26-2/h3-8,13-14,20H,9-12H2,1-2H3. The first-order valence-electron chi connectivity index (χ1n) is 8.80. The highest BCUT2D eigenvalue weighted by atomic mass is 32.2. The van der Waals surface area contributed by atoms with Gasteiger partial charge in [-0.2, -0.15) is 9.57 Å². The second-order valence-electron chi connectivity index (χ2n) is 6.56. The summed E-state index contributed by atoms with van der Waals surface area (Å²) in [6, 6.07) is 16.3. The van der Waals surface area contributed by atoms with Crippen LogP contribution >= 0.6 is 0 Å². The number of nitriles is 1. The minimum Gasteiger partial charge on any atom is -0.497 e. The highest BCUT2D eigenvalue weighted by Crippen LogP contribution is 2.26. The molecule has 1 heterocycles. The number of rotatable bonds is 5. The summed E-state index contributed by atoms with van der Waals surface area (Å²) in [6.45, 7) is 3.60. The quantitative estimate of drug-likeness (QED) is 0.791. The SMILES string of the molecule is COc1cccc(C(C#N)N2CCN(S(=O)(=O)c3cccc(C)c3)CC2)c1. The molecule has 27 heavy (non-hydrogen) atoms. The summed E-state index contributed by atoms with van der Waals surface area (Å²) in [6.07, 6.45) is 0. The zero-order valence-electron chi connectivity index (χ0n) is 15.5. The number of aryl methyl sites for hydroxylation is 1. The maximum Gasteiger partial charge on any atom is 0.243 e. The third-order valence-corrected chi connectivity index (χ3v) is 6.69. The third kappa shape index (κ3) is 4.14. The molecule has 0 spiro atoms. The van der Waals surface area contributed by atoms with E-state index in [0.29, 0.717) is 36.8 Å². The van der Waals surface area contributed by atoms with Crippen LogP contribution in [-0.4, -0.2) is 50.9 Å². The molecule has 0 radical (unpaired) electrons. The monoisotopic (exact) mass is 385 g/mol. The Kier molecular flexibility index (Phi) is 5.80. The van der Waals surface area contributed by atoms with Gasteiger partial charge in [0.15, 0.2) is 0 Å². The second-order valence-corrected chi connectivity index (χ2v) is 8.50. The van der Waals surface area contributed by atoms with E-state index in [2.05, 4.69) is 6.07 Å². The Morgan fingerprint density at radius 3 is 2.41 bits per heavy atom. The molecule has 1 saturated heterocycles. The van der Waals surface area contributed by atoms with Crippen LogP contribution in [0.3, 0.4) is 0 Å². The Labute approximate surface area is 160 Å². The van der Waals surface area contributed by atoms with E-state index in [1.54, 1.807) is 25.3 Å². The van der Waals surface area contributed by atoms with Crippen molar-refractivity contribution in [1.82, 2.24) is 9.21 Å². The number of piperazine rings is 1. The maximum atomic E-state index is 12.9. The summed E-state index contributed by atoms with van der Waals surface area (Å²) in [5, 5.41) is 9.67. The van der Waals surface area contributed by atoms with Gasteiger partial charge in [-0.05, 0) is 42.3 Å². The summed E-state index contributed by atoms with van der Waals surface area (Å²) in [5.74, 6) is 0.702. The van der Waals surface area contributed by atoms with Crippen molar-refractivity contribution in [2.24, 2.45) is 0 Å². The predicted molar refractivity (Wildman–Crippen MR) is 103 cm³/mol. The minimum atomic E-state index is -3.51. The first-order chi connectivity index (χ1) is 13.0. The molecule has 6 nitrogen and oxygen atoms in total. The second kappa shape index (κ2) is 8.09. The highest BCUT2D eigenvalue weighted by Gasteiger charge is 2.31. The lowest BCUT2D eigenvalue weighted by Gasteiger charge is -2.36. The molecule has 0 aliphatic carbocycles. The molecule has 0 amide bonds. The molecule has 2 aromatic carbocycles. The van der Waals surface area contributed by atoms with Gasteiger partial charge in [-0.3, -0.25) is 4.90 Å². The van der Waals surface area contributed by atoms with Gasteiger partial charge in [-0.25, -0.2) is 8.42 Å². The molecule has 0 aromatic heterocycles. The van der Waals surface area contributed by atoms with E-state index < -0.39 is 16.1 Å². The topological polar surface area (TPSA) is 73.6 Å². The van der Waals surface area contributed by atoms with Crippen molar-refractivity contribution in [2.45, 2.75) is 17.9 Å². The maximum absolute atomic E-state index is 12.9. The first kappa shape index (κ1) is 19.4. The number of nitrogens with zero attached hydrogens (tertiary/aromatic N) is 3. The normalized spacial score (nSPS) is 17.2. The van der Waals surface area contributed by atoms with Crippen LogP contribution in [0.25, 0.3) is 0 Å². The van der Waals surface area contributed by atoms with Crippen LogP contribution < -0.4 is 4.74 Å². The van der Waals surface area contributed by atoms with Crippen LogP contribution in [0.15, 0.2) is 53.4 Å². The highest BCUT2D eigenvalue weighted by molar-refractivity contribution is 7.89. The fourth-order valence-corrected chi connectivity index (χ4v) is 4.83. The molecule has 0 saturated carbocycles. The Hall–Kier alpha value is -2.40. The Balaban J connectivity index is 1.73. The predicted octanol–water partition coefficient (Wildman–Crippen LogP) is 2.57. The Morgan fingerprint density at radius 1 is 1.07 bits per heavy atom. The van der Waals surface area contributed by atoms with Crippen LogP contribution in [0.1, 0.15) is 17.2 Å². The van der Waals surface area contributed by atoms with Gasteiger partial charge in [-0.1, -0.05) is 24.3 Å². The van der Waals surface area contributed by atoms with Crippen molar-refractivity contribution in [3.63, 3.8) is 0 Å². The van der Waals surface area contributed by atoms with Gasteiger partial charge in [0.25, 0.3) is 0 Å². The van der Waals surface area contributed by atoms with Gasteiger partial charge in [0, 0.05) is 26.2 Å². The molecule has 1 aliphatic heterocycles. The molecule has 0 N–H and O–H groups in total. The molecular formula is C20H23N3O3S. The zero-order valence-corrected chi connectivity index (χ0v) is 16.3. The molecule has 1 unspecified atom stereocenters. The fourth-order valence-electron chi connectivity index (χ4n) is 3.31. The minimum absolute atomic E-state index is 0.320. The lowest BCUT2D eigenvalue weighted by atomic mass is 10.1. The lowest BCUT2D eigenvalue weighted by molar-refractivity contribution is 0.162. The van der Waals surface area contributed by atoms with Crippen molar-refractivity contribution >= 4 is 10.0 Å². The van der Waals surface area contributed by atoms with Crippen LogP contribution in [0.5, 0.6) is 5.75 Å². The third-order valence-electron chi connectivity index (χ3n) is 4.80. The summed E-state index contributed by atoms with van der Waals surface area (Å²) in [7, 11) is -1.92. The summed E-state index contributed by atoms with van der Waals surface area (Å²) in [4.78, 5) is 2.33. The zero-order chi connectivity index (χ0) is 19.4. The van der Waals surface area contributed by atoms with Gasteiger partial charge in [-0.15, -0.1) is 0 Å². The molecule has 0 bridgehead atoms. The summed E-state index contributed by atoms with van der Waals surface area (Å²) < 4.78 is 32.5. The van der Waals surface area contributed by atoms with Crippen molar-refractivity contribution in [3.8, 4) is 11.8 Å². The van der Waals surface area contributed by atoms with Crippen LogP contribution in [0.2, 0.25) is 0 Å². The molecule has 3 rings (SSSR count). The van der Waals surface area contributed by atoms with Gasteiger partial charge in [0.05, 0.1) is 18.1 Å². The van der Waals surface area contributed by atoms with Crippen LogP contribution in [0, 0.1) is 18.3 Å². The average Bonchev–Trinajstić information content (AvgIpc) is 2.69. The average molecular weight is 385 g/mol. The van der Waals surface area contributed by atoms with Crippen LogP contribution in [-0.2, 0) is 10.0 Å². The van der Waals surface area contributed by atoms with Crippen LogP contribution in [0.4, 0.5) is 0 Å². The largest absolute Gasteiger partial charge is 0.497 e. The fraction of sp³-hybridized carbons (Fsp3) is 0.350. The molecule has 1 aliphatic rings. The van der Waals surface area contributed by atoms with Gasteiger partial charge >= 0.3 is 0 Å². The number of hydrogen-bond donors (Lipinski definition) is 0. The first-order valence-corrected chi connectivity index (χ1v) is 10.2. The smallest absolute Gasteiger partial charge is 0.243 e. The van der Waals surface area contributed by atoms with Crippen molar-refractivity contribution < 1.29 is 13.2 Å². The van der Waals surface area contributed by atoms with Crippen molar-refractivity contribution in [3.05, 3.63) is 59.7 Å². The van der Waals surface area contributed by atoms with E-state index in [-0.39, 0.29) is 0 Å². The summed E-state index contributed by atoms with van der Waals surface area (Å²) >= 11 is 0. The lowest BCUT2D eigenvalue weighted by Crippen LogP contribution is -2.49. The van der Waals surface area contributed by atoms with E-state index in [1.807, 2.05) is 42.2 Å². The van der Waals surface area contributed by atoms with E-state index in [0.717, 1.165) is 11.1 Å². The number of ether oxygens (including phenoxy) is 1. The van der Waals surface area contributed by atoms with Crippen molar-refractivity contribution in [1.29, 1.82) is 5.26 Å².